The van der Waals surface area contributed by atoms with Crippen molar-refractivity contribution in [2.45, 2.75) is 77.9 Å². The van der Waals surface area contributed by atoms with Gasteiger partial charge in [-0.15, -0.1) is 0 Å². The van der Waals surface area contributed by atoms with Crippen molar-refractivity contribution in [2.75, 3.05) is 0 Å². The number of ether oxygens (including phenoxy) is 1. The maximum absolute atomic E-state index is 12.0. The first-order valence-corrected chi connectivity index (χ1v) is 6.76. The minimum Gasteiger partial charge on any atom is -0.462 e. The molecule has 0 heterocycles. The number of rotatable bonds is 4. The zero-order valence-electron chi connectivity index (χ0n) is 11.6. The van der Waals surface area contributed by atoms with Crippen LogP contribution in [0.25, 0.3) is 0 Å². The third-order valence-electron chi connectivity index (χ3n) is 4.14. The van der Waals surface area contributed by atoms with Crippen LogP contribution in [0.2, 0.25) is 0 Å². The zero-order chi connectivity index (χ0) is 13.1. The topological polar surface area (TPSA) is 46.5 Å². The standard InChI is InChI=1S/C14H26O3/c1-5-13(3,4)12(15)17-11-8-7-9-14(16,6-2)10-11/h11,16H,5-10H2,1-4H3. The Kier molecular flexibility index (Phi) is 4.59. The molecular weight excluding hydrogens is 216 g/mol. The molecule has 0 saturated heterocycles. The second kappa shape index (κ2) is 5.38. The van der Waals surface area contributed by atoms with E-state index in [0.717, 1.165) is 32.1 Å². The van der Waals surface area contributed by atoms with E-state index in [9.17, 15) is 9.90 Å². The van der Waals surface area contributed by atoms with Crippen LogP contribution >= 0.6 is 0 Å². The molecule has 1 aliphatic rings. The van der Waals surface area contributed by atoms with E-state index in [1.165, 1.54) is 0 Å². The monoisotopic (exact) mass is 242 g/mol. The minimum atomic E-state index is -0.625. The highest BCUT2D eigenvalue weighted by molar-refractivity contribution is 5.76. The fraction of sp³-hybridized carbons (Fsp3) is 0.929. The number of carbonyl (C=O) groups excluding carboxylic acids is 1. The second-order valence-corrected chi connectivity index (χ2v) is 5.94. The number of aliphatic hydroxyl groups is 1. The van der Waals surface area contributed by atoms with Crippen molar-refractivity contribution in [3.63, 3.8) is 0 Å². The lowest BCUT2D eigenvalue weighted by Crippen LogP contribution is -2.40. The summed E-state index contributed by atoms with van der Waals surface area (Å²) >= 11 is 0. The third kappa shape index (κ3) is 3.70. The maximum Gasteiger partial charge on any atom is 0.311 e. The summed E-state index contributed by atoms with van der Waals surface area (Å²) in [5.74, 6) is -0.134. The van der Waals surface area contributed by atoms with E-state index in [1.807, 2.05) is 27.7 Å². The third-order valence-corrected chi connectivity index (χ3v) is 4.14. The Morgan fingerprint density at radius 3 is 2.65 bits per heavy atom. The zero-order valence-corrected chi connectivity index (χ0v) is 11.6. The molecule has 0 aromatic carbocycles. The highest BCUT2D eigenvalue weighted by atomic mass is 16.5. The first-order chi connectivity index (χ1) is 7.83. The Morgan fingerprint density at radius 2 is 2.12 bits per heavy atom. The van der Waals surface area contributed by atoms with Crippen LogP contribution in [0.15, 0.2) is 0 Å². The van der Waals surface area contributed by atoms with E-state index >= 15 is 0 Å². The molecule has 0 aromatic heterocycles. The van der Waals surface area contributed by atoms with Gasteiger partial charge < -0.3 is 9.84 Å². The van der Waals surface area contributed by atoms with Gasteiger partial charge in [-0.3, -0.25) is 4.79 Å². The lowest BCUT2D eigenvalue weighted by Gasteiger charge is -2.36. The Balaban J connectivity index is 2.55. The van der Waals surface area contributed by atoms with Gasteiger partial charge in [-0.2, -0.15) is 0 Å². The Labute approximate surface area is 105 Å². The quantitative estimate of drug-likeness (QED) is 0.771. The summed E-state index contributed by atoms with van der Waals surface area (Å²) in [7, 11) is 0. The second-order valence-electron chi connectivity index (χ2n) is 5.94. The van der Waals surface area contributed by atoms with Gasteiger partial charge in [-0.1, -0.05) is 13.8 Å². The molecule has 0 amide bonds. The molecule has 0 spiro atoms. The lowest BCUT2D eigenvalue weighted by atomic mass is 9.81. The van der Waals surface area contributed by atoms with E-state index < -0.39 is 11.0 Å². The van der Waals surface area contributed by atoms with E-state index in [2.05, 4.69) is 0 Å². The average Bonchev–Trinajstić information content (AvgIpc) is 2.29. The molecule has 1 aliphatic carbocycles. The van der Waals surface area contributed by atoms with Crippen molar-refractivity contribution in [1.29, 1.82) is 0 Å². The number of hydrogen-bond donors (Lipinski definition) is 1. The van der Waals surface area contributed by atoms with Gasteiger partial charge in [0.1, 0.15) is 6.10 Å². The largest absolute Gasteiger partial charge is 0.462 e. The Bertz CT molecular complexity index is 273. The molecule has 100 valence electrons. The summed E-state index contributed by atoms with van der Waals surface area (Å²) in [5, 5.41) is 10.2. The summed E-state index contributed by atoms with van der Waals surface area (Å²) in [6.07, 6.45) is 4.65. The molecule has 0 bridgehead atoms. The van der Waals surface area contributed by atoms with Gasteiger partial charge in [0.2, 0.25) is 0 Å². The molecule has 3 nitrogen and oxygen atoms in total. The number of hydrogen-bond acceptors (Lipinski definition) is 3. The van der Waals surface area contributed by atoms with Gasteiger partial charge >= 0.3 is 5.97 Å². The average molecular weight is 242 g/mol. The minimum absolute atomic E-state index is 0.105. The molecule has 17 heavy (non-hydrogen) atoms. The van der Waals surface area contributed by atoms with E-state index in [-0.39, 0.29) is 12.1 Å². The molecule has 0 aliphatic heterocycles. The van der Waals surface area contributed by atoms with Crippen LogP contribution in [0, 0.1) is 5.41 Å². The molecular formula is C14H26O3. The molecule has 0 radical (unpaired) electrons. The molecule has 2 unspecified atom stereocenters. The highest BCUT2D eigenvalue weighted by Gasteiger charge is 2.36. The molecule has 1 fully saturated rings. The molecule has 1 N–H and O–H groups in total. The molecule has 1 saturated carbocycles. The summed E-state index contributed by atoms with van der Waals surface area (Å²) in [4.78, 5) is 12.0. The van der Waals surface area contributed by atoms with E-state index in [1.54, 1.807) is 0 Å². The first kappa shape index (κ1) is 14.5. The van der Waals surface area contributed by atoms with Crippen molar-refractivity contribution in [3.8, 4) is 0 Å². The number of carbonyl (C=O) groups is 1. The van der Waals surface area contributed by atoms with E-state index in [4.69, 9.17) is 4.74 Å². The van der Waals surface area contributed by atoms with Crippen LogP contribution in [-0.4, -0.2) is 22.8 Å². The molecule has 2 atom stereocenters. The molecule has 1 rings (SSSR count). The maximum atomic E-state index is 12.0. The van der Waals surface area contributed by atoms with Gasteiger partial charge in [0.05, 0.1) is 11.0 Å². The van der Waals surface area contributed by atoms with Gasteiger partial charge in [0, 0.05) is 6.42 Å². The van der Waals surface area contributed by atoms with Crippen LogP contribution in [-0.2, 0) is 9.53 Å². The normalized spacial score (nSPS) is 30.1. The van der Waals surface area contributed by atoms with Crippen LogP contribution in [0.5, 0.6) is 0 Å². The summed E-state index contributed by atoms with van der Waals surface area (Å²) < 4.78 is 5.55. The number of esters is 1. The van der Waals surface area contributed by atoms with Crippen molar-refractivity contribution < 1.29 is 14.6 Å². The lowest BCUT2D eigenvalue weighted by molar-refractivity contribution is -0.166. The van der Waals surface area contributed by atoms with Crippen molar-refractivity contribution >= 4 is 5.97 Å². The smallest absolute Gasteiger partial charge is 0.311 e. The van der Waals surface area contributed by atoms with Gasteiger partial charge in [0.25, 0.3) is 0 Å². The fourth-order valence-corrected chi connectivity index (χ4v) is 2.16. The Hall–Kier alpha value is -0.570. The first-order valence-electron chi connectivity index (χ1n) is 6.76. The van der Waals surface area contributed by atoms with Gasteiger partial charge in [0.15, 0.2) is 0 Å². The van der Waals surface area contributed by atoms with Crippen LogP contribution in [0.3, 0.4) is 0 Å². The van der Waals surface area contributed by atoms with Crippen LogP contribution in [0.4, 0.5) is 0 Å². The van der Waals surface area contributed by atoms with E-state index in [0.29, 0.717) is 6.42 Å². The fourth-order valence-electron chi connectivity index (χ4n) is 2.16. The van der Waals surface area contributed by atoms with Crippen molar-refractivity contribution in [2.24, 2.45) is 5.41 Å². The predicted octanol–water partition coefficient (Wildman–Crippen LogP) is 3.05. The van der Waals surface area contributed by atoms with Gasteiger partial charge in [-0.05, 0) is 46.0 Å². The summed E-state index contributed by atoms with van der Waals surface area (Å²) in [5.41, 5.74) is -1.04. The van der Waals surface area contributed by atoms with Crippen molar-refractivity contribution in [3.05, 3.63) is 0 Å². The van der Waals surface area contributed by atoms with Crippen LogP contribution in [0.1, 0.15) is 66.2 Å². The SMILES string of the molecule is CCC1(O)CCCC(OC(=O)C(C)(C)CC)C1. The summed E-state index contributed by atoms with van der Waals surface area (Å²) in [6, 6.07) is 0. The summed E-state index contributed by atoms with van der Waals surface area (Å²) in [6.45, 7) is 7.79. The highest BCUT2D eigenvalue weighted by Crippen LogP contribution is 2.34. The molecule has 0 aromatic rings. The van der Waals surface area contributed by atoms with Crippen LogP contribution < -0.4 is 0 Å². The molecule has 3 heteroatoms. The Morgan fingerprint density at radius 1 is 1.47 bits per heavy atom. The van der Waals surface area contributed by atoms with Crippen molar-refractivity contribution in [1.82, 2.24) is 0 Å². The van der Waals surface area contributed by atoms with Gasteiger partial charge in [-0.25, -0.2) is 0 Å². The predicted molar refractivity (Wildman–Crippen MR) is 67.7 cm³/mol.